The number of ether oxygens (including phenoxy) is 2. The zero-order chi connectivity index (χ0) is 22.2. The lowest BCUT2D eigenvalue weighted by atomic mass is 9.96. The van der Waals surface area contributed by atoms with Crippen molar-refractivity contribution in [2.24, 2.45) is 0 Å². The van der Waals surface area contributed by atoms with Gasteiger partial charge in [0.2, 0.25) is 0 Å². The summed E-state index contributed by atoms with van der Waals surface area (Å²) in [6, 6.07) is 11.4. The van der Waals surface area contributed by atoms with E-state index in [2.05, 4.69) is 5.32 Å². The molecule has 1 saturated carbocycles. The highest BCUT2D eigenvalue weighted by Crippen LogP contribution is 2.28. The van der Waals surface area contributed by atoms with E-state index >= 15 is 0 Å². The second kappa shape index (κ2) is 11.5. The van der Waals surface area contributed by atoms with Crippen molar-refractivity contribution in [3.63, 3.8) is 0 Å². The average Bonchev–Trinajstić information content (AvgIpc) is 2.78. The maximum absolute atomic E-state index is 13.2. The second-order valence-corrected chi connectivity index (χ2v) is 8.72. The molecule has 31 heavy (non-hydrogen) atoms. The third-order valence-corrected chi connectivity index (χ3v) is 6.29. The molecule has 0 bridgehead atoms. The number of amides is 2. The minimum Gasteiger partial charge on any atom is -0.493 e. The maximum atomic E-state index is 13.2. The number of methoxy groups -OCH3 is 2. The molecule has 0 atom stereocenters. The lowest BCUT2D eigenvalue weighted by Gasteiger charge is -2.29. The molecule has 0 radical (unpaired) electrons. The lowest BCUT2D eigenvalue weighted by molar-refractivity contribution is 0.188. The Kier molecular flexibility index (Phi) is 8.73. The van der Waals surface area contributed by atoms with Crippen LogP contribution in [-0.2, 0) is 13.0 Å². The molecule has 0 aliphatic heterocycles. The predicted octanol–water partition coefficient (Wildman–Crippen LogP) is 6.10. The average molecular weight is 465 g/mol. The Labute approximate surface area is 194 Å². The number of benzene rings is 2. The minimum atomic E-state index is -0.0493. The van der Waals surface area contributed by atoms with Crippen molar-refractivity contribution in [2.75, 3.05) is 20.8 Å². The van der Waals surface area contributed by atoms with E-state index in [9.17, 15) is 4.79 Å². The molecule has 1 aliphatic rings. The van der Waals surface area contributed by atoms with Gasteiger partial charge >= 0.3 is 6.03 Å². The van der Waals surface area contributed by atoms with Crippen LogP contribution in [0.3, 0.4) is 0 Å². The maximum Gasteiger partial charge on any atom is 0.317 e. The van der Waals surface area contributed by atoms with Crippen molar-refractivity contribution in [2.45, 2.75) is 51.1 Å². The van der Waals surface area contributed by atoms with E-state index in [0.717, 1.165) is 24.0 Å². The van der Waals surface area contributed by atoms with Crippen molar-refractivity contribution >= 4 is 29.2 Å². The SMILES string of the molecule is COc1ccc(CN(CCc2ccc(Cl)cc2Cl)C(=O)NC2CCCCC2)cc1OC. The van der Waals surface area contributed by atoms with Gasteiger partial charge in [-0.05, 0) is 54.7 Å². The van der Waals surface area contributed by atoms with E-state index in [4.69, 9.17) is 32.7 Å². The first kappa shape index (κ1) is 23.6. The molecule has 0 unspecified atom stereocenters. The Hall–Kier alpha value is -2.11. The van der Waals surface area contributed by atoms with E-state index in [1.54, 1.807) is 20.3 Å². The Morgan fingerprint density at radius 1 is 1.03 bits per heavy atom. The van der Waals surface area contributed by atoms with Crippen LogP contribution >= 0.6 is 23.2 Å². The van der Waals surface area contributed by atoms with Gasteiger partial charge in [0, 0.05) is 29.2 Å². The van der Waals surface area contributed by atoms with Crippen molar-refractivity contribution in [3.05, 3.63) is 57.6 Å². The topological polar surface area (TPSA) is 50.8 Å². The van der Waals surface area contributed by atoms with Gasteiger partial charge in [-0.15, -0.1) is 0 Å². The molecule has 1 aliphatic carbocycles. The molecule has 0 saturated heterocycles. The van der Waals surface area contributed by atoms with E-state index in [-0.39, 0.29) is 12.1 Å². The molecule has 2 aromatic carbocycles. The molecule has 1 N–H and O–H groups in total. The van der Waals surface area contributed by atoms with Crippen LogP contribution in [-0.4, -0.2) is 37.7 Å². The number of hydrogen-bond donors (Lipinski definition) is 1. The van der Waals surface area contributed by atoms with Gasteiger partial charge in [-0.2, -0.15) is 0 Å². The van der Waals surface area contributed by atoms with Crippen LogP contribution in [0.5, 0.6) is 11.5 Å². The summed E-state index contributed by atoms with van der Waals surface area (Å²) in [6.07, 6.45) is 6.30. The van der Waals surface area contributed by atoms with Gasteiger partial charge in [0.05, 0.1) is 14.2 Å². The van der Waals surface area contributed by atoms with Gasteiger partial charge in [-0.25, -0.2) is 4.79 Å². The molecule has 0 aromatic heterocycles. The van der Waals surface area contributed by atoms with Crippen molar-refractivity contribution in [1.82, 2.24) is 10.2 Å². The third kappa shape index (κ3) is 6.68. The first-order valence-electron chi connectivity index (χ1n) is 10.7. The highest BCUT2D eigenvalue weighted by Gasteiger charge is 2.21. The van der Waals surface area contributed by atoms with Gasteiger partial charge in [-0.3, -0.25) is 0 Å². The van der Waals surface area contributed by atoms with Gasteiger partial charge < -0.3 is 19.7 Å². The molecule has 0 heterocycles. The molecule has 2 aromatic rings. The van der Waals surface area contributed by atoms with Crippen molar-refractivity contribution < 1.29 is 14.3 Å². The first-order valence-corrected chi connectivity index (χ1v) is 11.5. The zero-order valence-electron chi connectivity index (χ0n) is 18.1. The van der Waals surface area contributed by atoms with Gasteiger partial charge in [0.1, 0.15) is 0 Å². The van der Waals surface area contributed by atoms with E-state index < -0.39 is 0 Å². The molecule has 7 heteroatoms. The van der Waals surface area contributed by atoms with Crippen LogP contribution in [0.2, 0.25) is 10.0 Å². The van der Waals surface area contributed by atoms with Gasteiger partial charge in [-0.1, -0.05) is 54.6 Å². The Morgan fingerprint density at radius 2 is 1.77 bits per heavy atom. The summed E-state index contributed by atoms with van der Waals surface area (Å²) in [6.45, 7) is 0.998. The monoisotopic (exact) mass is 464 g/mol. The van der Waals surface area contributed by atoms with E-state index in [1.807, 2.05) is 35.2 Å². The summed E-state index contributed by atoms with van der Waals surface area (Å²) in [5, 5.41) is 4.45. The third-order valence-electron chi connectivity index (χ3n) is 5.71. The van der Waals surface area contributed by atoms with E-state index in [1.165, 1.54) is 19.3 Å². The summed E-state index contributed by atoms with van der Waals surface area (Å²) in [5.41, 5.74) is 1.94. The molecule has 1 fully saturated rings. The first-order chi connectivity index (χ1) is 15.0. The molecule has 0 spiro atoms. The second-order valence-electron chi connectivity index (χ2n) is 7.88. The van der Waals surface area contributed by atoms with Crippen LogP contribution in [0.15, 0.2) is 36.4 Å². The highest BCUT2D eigenvalue weighted by atomic mass is 35.5. The molecule has 168 valence electrons. The van der Waals surface area contributed by atoms with Crippen molar-refractivity contribution in [3.8, 4) is 11.5 Å². The quantitative estimate of drug-likeness (QED) is 0.513. The number of carbonyl (C=O) groups is 1. The minimum absolute atomic E-state index is 0.0493. The summed E-state index contributed by atoms with van der Waals surface area (Å²) in [7, 11) is 3.22. The number of carbonyl (C=O) groups excluding carboxylic acids is 1. The van der Waals surface area contributed by atoms with Crippen LogP contribution in [0.25, 0.3) is 0 Å². The van der Waals surface area contributed by atoms with Crippen LogP contribution < -0.4 is 14.8 Å². The Morgan fingerprint density at radius 3 is 2.45 bits per heavy atom. The van der Waals surface area contributed by atoms with Crippen LogP contribution in [0, 0.1) is 0 Å². The standard InChI is InChI=1S/C24H30Cl2N2O3/c1-30-22-11-8-17(14-23(22)31-2)16-28(24(29)27-20-6-4-3-5-7-20)13-12-18-9-10-19(25)15-21(18)26/h8-11,14-15,20H,3-7,12-13,16H2,1-2H3,(H,27,29). The fourth-order valence-corrected chi connectivity index (χ4v) is 4.45. The number of rotatable bonds is 8. The Balaban J connectivity index is 1.74. The number of nitrogens with one attached hydrogen (secondary N) is 1. The van der Waals surface area contributed by atoms with Crippen molar-refractivity contribution in [1.29, 1.82) is 0 Å². The predicted molar refractivity (Wildman–Crippen MR) is 126 cm³/mol. The molecule has 2 amide bonds. The molecule has 5 nitrogen and oxygen atoms in total. The smallest absolute Gasteiger partial charge is 0.317 e. The fraction of sp³-hybridized carbons (Fsp3) is 0.458. The lowest BCUT2D eigenvalue weighted by Crippen LogP contribution is -2.45. The van der Waals surface area contributed by atoms with Gasteiger partial charge in [0.15, 0.2) is 11.5 Å². The van der Waals surface area contributed by atoms with Gasteiger partial charge in [0.25, 0.3) is 0 Å². The summed E-state index contributed by atoms with van der Waals surface area (Å²) < 4.78 is 10.8. The summed E-state index contributed by atoms with van der Waals surface area (Å²) in [5.74, 6) is 1.31. The van der Waals surface area contributed by atoms with E-state index in [0.29, 0.717) is 41.1 Å². The molecular formula is C24H30Cl2N2O3. The largest absolute Gasteiger partial charge is 0.493 e. The Bertz CT molecular complexity index is 885. The summed E-state index contributed by atoms with van der Waals surface area (Å²) >= 11 is 12.4. The molecular weight excluding hydrogens is 435 g/mol. The molecule has 3 rings (SSSR count). The summed E-state index contributed by atoms with van der Waals surface area (Å²) in [4.78, 5) is 15.0. The number of nitrogens with zero attached hydrogens (tertiary/aromatic N) is 1. The normalized spacial score (nSPS) is 14.2. The zero-order valence-corrected chi connectivity index (χ0v) is 19.6. The number of urea groups is 1. The fourth-order valence-electron chi connectivity index (χ4n) is 3.94. The number of hydrogen-bond acceptors (Lipinski definition) is 3. The van der Waals surface area contributed by atoms with Crippen LogP contribution in [0.4, 0.5) is 4.79 Å². The number of halogens is 2. The highest BCUT2D eigenvalue weighted by molar-refractivity contribution is 6.35. The van der Waals surface area contributed by atoms with Crippen LogP contribution in [0.1, 0.15) is 43.2 Å².